The molecular weight excluding hydrogens is 250 g/mol. The summed E-state index contributed by atoms with van der Waals surface area (Å²) in [7, 11) is 0. The van der Waals surface area contributed by atoms with Crippen LogP contribution in [0.1, 0.15) is 52.4 Å². The molecule has 0 unspecified atom stereocenters. The molecule has 0 aromatic heterocycles. The summed E-state index contributed by atoms with van der Waals surface area (Å²) in [5.41, 5.74) is 0. The molecule has 0 bridgehead atoms. The number of hydrogen-bond acceptors (Lipinski definition) is 2. The lowest BCUT2D eigenvalue weighted by Gasteiger charge is -2.35. The van der Waals surface area contributed by atoms with Crippen molar-refractivity contribution >= 4 is 6.03 Å². The molecule has 116 valence electrons. The fraction of sp³-hybridized carbons (Fsp3) is 0.938. The van der Waals surface area contributed by atoms with Crippen LogP contribution in [0.15, 0.2) is 0 Å². The van der Waals surface area contributed by atoms with Crippen molar-refractivity contribution in [3.05, 3.63) is 0 Å². The van der Waals surface area contributed by atoms with Gasteiger partial charge in [0.05, 0.1) is 0 Å². The summed E-state index contributed by atoms with van der Waals surface area (Å²) in [6, 6.07) is 0.352. The number of rotatable bonds is 3. The predicted octanol–water partition coefficient (Wildman–Crippen LogP) is 2.69. The number of piperidine rings is 1. The van der Waals surface area contributed by atoms with Gasteiger partial charge in [0.1, 0.15) is 0 Å². The van der Waals surface area contributed by atoms with Gasteiger partial charge in [0.25, 0.3) is 0 Å². The van der Waals surface area contributed by atoms with Gasteiger partial charge in [-0.25, -0.2) is 4.79 Å². The average molecular weight is 281 g/mol. The molecule has 0 saturated carbocycles. The number of hydrogen-bond donors (Lipinski definition) is 1. The molecule has 0 atom stereocenters. The van der Waals surface area contributed by atoms with E-state index in [0.717, 1.165) is 19.0 Å². The summed E-state index contributed by atoms with van der Waals surface area (Å²) >= 11 is 0. The molecule has 4 nitrogen and oxygen atoms in total. The molecule has 1 N–H and O–H groups in total. The first kappa shape index (κ1) is 15.6. The van der Waals surface area contributed by atoms with Crippen LogP contribution < -0.4 is 5.32 Å². The molecule has 2 fully saturated rings. The fourth-order valence-electron chi connectivity index (χ4n) is 3.34. The molecule has 0 radical (unpaired) electrons. The first-order valence-electron chi connectivity index (χ1n) is 8.43. The molecule has 20 heavy (non-hydrogen) atoms. The molecule has 0 aromatic rings. The van der Waals surface area contributed by atoms with E-state index in [-0.39, 0.29) is 12.1 Å². The second-order valence-electron chi connectivity index (χ2n) is 6.75. The largest absolute Gasteiger partial charge is 0.336 e. The second kappa shape index (κ2) is 7.87. The minimum absolute atomic E-state index is 0.119. The summed E-state index contributed by atoms with van der Waals surface area (Å²) in [6.45, 7) is 9.71. The van der Waals surface area contributed by atoms with Gasteiger partial charge >= 0.3 is 6.03 Å². The highest BCUT2D eigenvalue weighted by Crippen LogP contribution is 2.20. The summed E-state index contributed by atoms with van der Waals surface area (Å²) in [4.78, 5) is 16.6. The maximum atomic E-state index is 12.0. The van der Waals surface area contributed by atoms with Gasteiger partial charge in [-0.2, -0.15) is 0 Å². The van der Waals surface area contributed by atoms with Crippen molar-refractivity contribution in [2.75, 3.05) is 32.7 Å². The van der Waals surface area contributed by atoms with Crippen LogP contribution in [0.25, 0.3) is 0 Å². The van der Waals surface area contributed by atoms with Crippen molar-refractivity contribution in [2.45, 2.75) is 58.4 Å². The van der Waals surface area contributed by atoms with E-state index in [1.165, 1.54) is 58.2 Å². The lowest BCUT2D eigenvalue weighted by Crippen LogP contribution is -2.47. The van der Waals surface area contributed by atoms with Gasteiger partial charge < -0.3 is 15.1 Å². The van der Waals surface area contributed by atoms with Crippen LogP contribution >= 0.6 is 0 Å². The molecule has 4 heteroatoms. The normalized spacial score (nSPS) is 22.9. The standard InChI is InChI=1S/C16H31N3O/c1-14(2)17-16(20)19-11-7-15(8-12-19)13-18-9-5-3-4-6-10-18/h14-15H,3-13H2,1-2H3,(H,17,20). The van der Waals surface area contributed by atoms with Gasteiger partial charge in [-0.05, 0) is 58.5 Å². The quantitative estimate of drug-likeness (QED) is 0.863. The van der Waals surface area contributed by atoms with E-state index in [0.29, 0.717) is 0 Å². The van der Waals surface area contributed by atoms with E-state index < -0.39 is 0 Å². The van der Waals surface area contributed by atoms with Crippen molar-refractivity contribution in [3.63, 3.8) is 0 Å². The second-order valence-corrected chi connectivity index (χ2v) is 6.75. The van der Waals surface area contributed by atoms with Crippen LogP contribution in [0.5, 0.6) is 0 Å². The van der Waals surface area contributed by atoms with Crippen molar-refractivity contribution in [1.29, 1.82) is 0 Å². The third-order valence-corrected chi connectivity index (χ3v) is 4.53. The van der Waals surface area contributed by atoms with Gasteiger partial charge in [0.2, 0.25) is 0 Å². The first-order chi connectivity index (χ1) is 9.65. The van der Waals surface area contributed by atoms with Crippen LogP contribution in [0, 0.1) is 5.92 Å². The highest BCUT2D eigenvalue weighted by molar-refractivity contribution is 5.74. The summed E-state index contributed by atoms with van der Waals surface area (Å²) in [5.74, 6) is 0.788. The monoisotopic (exact) mass is 281 g/mol. The molecule has 2 rings (SSSR count). The lowest BCUT2D eigenvalue weighted by atomic mass is 9.96. The van der Waals surface area contributed by atoms with Gasteiger partial charge in [0, 0.05) is 25.7 Å². The Kier molecular flexibility index (Phi) is 6.14. The lowest BCUT2D eigenvalue weighted by molar-refractivity contribution is 0.146. The zero-order valence-corrected chi connectivity index (χ0v) is 13.2. The molecule has 0 aliphatic carbocycles. The van der Waals surface area contributed by atoms with Crippen LogP contribution in [0.2, 0.25) is 0 Å². The van der Waals surface area contributed by atoms with Crippen LogP contribution in [0.4, 0.5) is 4.79 Å². The van der Waals surface area contributed by atoms with Crippen molar-refractivity contribution in [2.24, 2.45) is 5.92 Å². The predicted molar refractivity (Wildman–Crippen MR) is 82.9 cm³/mol. The maximum Gasteiger partial charge on any atom is 0.317 e. The van der Waals surface area contributed by atoms with Crippen molar-refractivity contribution < 1.29 is 4.79 Å². The van der Waals surface area contributed by atoms with Gasteiger partial charge in [0.15, 0.2) is 0 Å². The van der Waals surface area contributed by atoms with Crippen molar-refractivity contribution in [1.82, 2.24) is 15.1 Å². The Labute approximate surface area is 123 Å². The van der Waals surface area contributed by atoms with E-state index in [1.807, 2.05) is 18.7 Å². The van der Waals surface area contributed by atoms with Crippen LogP contribution in [-0.2, 0) is 0 Å². The van der Waals surface area contributed by atoms with E-state index >= 15 is 0 Å². The topological polar surface area (TPSA) is 35.6 Å². The Morgan fingerprint density at radius 3 is 2.20 bits per heavy atom. The number of urea groups is 1. The maximum absolute atomic E-state index is 12.0. The Morgan fingerprint density at radius 1 is 1.05 bits per heavy atom. The van der Waals surface area contributed by atoms with E-state index in [1.54, 1.807) is 0 Å². The van der Waals surface area contributed by atoms with Crippen LogP contribution in [-0.4, -0.2) is 54.6 Å². The van der Waals surface area contributed by atoms with E-state index in [9.17, 15) is 4.79 Å². The molecule has 0 aromatic carbocycles. The Balaban J connectivity index is 1.69. The van der Waals surface area contributed by atoms with Crippen LogP contribution in [0.3, 0.4) is 0 Å². The van der Waals surface area contributed by atoms with Gasteiger partial charge in [-0.1, -0.05) is 12.8 Å². The zero-order chi connectivity index (χ0) is 14.4. The molecule has 2 aliphatic rings. The Hall–Kier alpha value is -0.770. The smallest absolute Gasteiger partial charge is 0.317 e. The first-order valence-corrected chi connectivity index (χ1v) is 8.43. The third-order valence-electron chi connectivity index (χ3n) is 4.53. The SMILES string of the molecule is CC(C)NC(=O)N1CCC(CN2CCCCCC2)CC1. The number of nitrogens with one attached hydrogen (secondary N) is 1. The number of likely N-dealkylation sites (tertiary alicyclic amines) is 2. The third kappa shape index (κ3) is 4.97. The van der Waals surface area contributed by atoms with E-state index in [2.05, 4.69) is 10.2 Å². The molecule has 2 amide bonds. The zero-order valence-electron chi connectivity index (χ0n) is 13.2. The Bertz CT molecular complexity index is 290. The summed E-state index contributed by atoms with van der Waals surface area (Å²) < 4.78 is 0. The fourth-order valence-corrected chi connectivity index (χ4v) is 3.34. The molecule has 2 saturated heterocycles. The Morgan fingerprint density at radius 2 is 1.65 bits per heavy atom. The van der Waals surface area contributed by atoms with E-state index in [4.69, 9.17) is 0 Å². The summed E-state index contributed by atoms with van der Waals surface area (Å²) in [5, 5.41) is 2.99. The highest BCUT2D eigenvalue weighted by Gasteiger charge is 2.24. The number of carbonyl (C=O) groups is 1. The molecule has 2 heterocycles. The number of amides is 2. The highest BCUT2D eigenvalue weighted by atomic mass is 16.2. The molecule has 2 aliphatic heterocycles. The minimum atomic E-state index is 0.119. The average Bonchev–Trinajstić information content (AvgIpc) is 2.67. The number of nitrogens with zero attached hydrogens (tertiary/aromatic N) is 2. The molecular formula is C16H31N3O. The van der Waals surface area contributed by atoms with Gasteiger partial charge in [-0.3, -0.25) is 0 Å². The minimum Gasteiger partial charge on any atom is -0.336 e. The molecule has 0 spiro atoms. The van der Waals surface area contributed by atoms with Gasteiger partial charge in [-0.15, -0.1) is 0 Å². The van der Waals surface area contributed by atoms with Crippen molar-refractivity contribution in [3.8, 4) is 0 Å². The summed E-state index contributed by atoms with van der Waals surface area (Å²) in [6.07, 6.45) is 7.89. The number of carbonyl (C=O) groups excluding carboxylic acids is 1.